The summed E-state index contributed by atoms with van der Waals surface area (Å²) in [4.78, 5) is 20.1. The van der Waals surface area contributed by atoms with Gasteiger partial charge in [0, 0.05) is 15.8 Å². The van der Waals surface area contributed by atoms with E-state index in [1.54, 1.807) is 22.7 Å². The van der Waals surface area contributed by atoms with Crippen molar-refractivity contribution < 1.29 is 9.53 Å². The molecule has 7 heteroatoms. The molecule has 4 heterocycles. The number of fused-ring (bicyclic) bond motifs is 1. The molecule has 120 valence electrons. The van der Waals surface area contributed by atoms with E-state index in [9.17, 15) is 4.79 Å². The summed E-state index contributed by atoms with van der Waals surface area (Å²) in [5.74, 6) is -0.426. The Morgan fingerprint density at radius 1 is 1.17 bits per heavy atom. The fourth-order valence-corrected chi connectivity index (χ4v) is 5.02. The van der Waals surface area contributed by atoms with Crippen molar-refractivity contribution >= 4 is 55.9 Å². The Hall–Kier alpha value is -2.22. The molecule has 0 unspecified atom stereocenters. The van der Waals surface area contributed by atoms with Gasteiger partial charge in [0.1, 0.15) is 9.71 Å². The maximum absolute atomic E-state index is 12.0. The summed E-state index contributed by atoms with van der Waals surface area (Å²) in [5, 5.41) is 4.87. The number of hydrogen-bond acceptors (Lipinski definition) is 7. The molecule has 0 aromatic carbocycles. The van der Waals surface area contributed by atoms with Crippen LogP contribution >= 0.6 is 34.0 Å². The fourth-order valence-electron chi connectivity index (χ4n) is 2.54. The van der Waals surface area contributed by atoms with E-state index < -0.39 is 5.97 Å². The molecule has 0 aliphatic rings. The minimum atomic E-state index is -0.426. The van der Waals surface area contributed by atoms with Gasteiger partial charge in [-0.05, 0) is 29.0 Å². The number of carbonyl (C=O) groups is 1. The van der Waals surface area contributed by atoms with Crippen LogP contribution < -0.4 is 5.73 Å². The molecule has 0 radical (unpaired) electrons. The molecule has 4 nitrogen and oxygen atoms in total. The minimum absolute atomic E-state index is 0.404. The number of rotatable bonds is 3. The van der Waals surface area contributed by atoms with Crippen LogP contribution in [0.15, 0.2) is 41.1 Å². The lowest BCUT2D eigenvalue weighted by Crippen LogP contribution is -2.01. The van der Waals surface area contributed by atoms with E-state index in [1.807, 2.05) is 41.1 Å². The van der Waals surface area contributed by atoms with Gasteiger partial charge < -0.3 is 10.5 Å². The third kappa shape index (κ3) is 2.41. The van der Waals surface area contributed by atoms with Gasteiger partial charge in [0.2, 0.25) is 0 Å². The van der Waals surface area contributed by atoms with Crippen LogP contribution in [0.3, 0.4) is 0 Å². The molecule has 4 rings (SSSR count). The first kappa shape index (κ1) is 15.3. The summed E-state index contributed by atoms with van der Waals surface area (Å²) < 4.78 is 4.85. The third-order valence-corrected chi connectivity index (χ3v) is 6.50. The van der Waals surface area contributed by atoms with Crippen LogP contribution in [0.25, 0.3) is 31.2 Å². The van der Waals surface area contributed by atoms with Crippen LogP contribution in [0.2, 0.25) is 0 Å². The molecule has 0 bridgehead atoms. The van der Waals surface area contributed by atoms with Crippen molar-refractivity contribution in [3.05, 3.63) is 46.0 Å². The Kier molecular flexibility index (Phi) is 3.84. The monoisotopic (exact) mass is 372 g/mol. The first-order valence-corrected chi connectivity index (χ1v) is 9.65. The van der Waals surface area contributed by atoms with Gasteiger partial charge >= 0.3 is 5.97 Å². The van der Waals surface area contributed by atoms with Crippen LogP contribution in [0.1, 0.15) is 9.67 Å². The van der Waals surface area contributed by atoms with Crippen LogP contribution in [0.4, 0.5) is 5.69 Å². The quantitative estimate of drug-likeness (QED) is 0.507. The van der Waals surface area contributed by atoms with Gasteiger partial charge in [-0.1, -0.05) is 12.1 Å². The molecule has 2 N–H and O–H groups in total. The first-order chi connectivity index (χ1) is 11.7. The number of pyridine rings is 1. The summed E-state index contributed by atoms with van der Waals surface area (Å²) in [7, 11) is 1.36. The van der Waals surface area contributed by atoms with Crippen molar-refractivity contribution in [2.75, 3.05) is 12.8 Å². The standard InChI is InChI=1S/C17H12N2O2S3/c1-21-17(20)15-14(18)13-9(11-4-2-6-22-11)8-10(19-16(13)24-15)12-5-3-7-23-12/h2-8H,18H2,1H3. The van der Waals surface area contributed by atoms with Gasteiger partial charge in [-0.15, -0.1) is 34.0 Å². The molecule has 0 amide bonds. The number of esters is 1. The SMILES string of the molecule is COC(=O)c1sc2nc(-c3cccs3)cc(-c3cccs3)c2c1N. The smallest absolute Gasteiger partial charge is 0.350 e. The predicted molar refractivity (Wildman–Crippen MR) is 102 cm³/mol. The maximum Gasteiger partial charge on any atom is 0.350 e. The van der Waals surface area contributed by atoms with Gasteiger partial charge in [0.25, 0.3) is 0 Å². The average Bonchev–Trinajstić information content (AvgIpc) is 3.34. The summed E-state index contributed by atoms with van der Waals surface area (Å²) in [6, 6.07) is 10.1. The van der Waals surface area contributed by atoms with E-state index in [0.717, 1.165) is 31.2 Å². The van der Waals surface area contributed by atoms with E-state index in [-0.39, 0.29) is 0 Å². The zero-order chi connectivity index (χ0) is 16.7. The normalized spacial score (nSPS) is 11.0. The lowest BCUT2D eigenvalue weighted by Gasteiger charge is -2.05. The van der Waals surface area contributed by atoms with Crippen molar-refractivity contribution in [3.63, 3.8) is 0 Å². The Morgan fingerprint density at radius 3 is 2.50 bits per heavy atom. The summed E-state index contributed by atoms with van der Waals surface area (Å²) >= 11 is 4.55. The molecule has 0 atom stereocenters. The number of carbonyl (C=O) groups excluding carboxylic acids is 1. The molecule has 0 aliphatic heterocycles. The Labute approximate surface area is 150 Å². The highest BCUT2D eigenvalue weighted by molar-refractivity contribution is 7.21. The van der Waals surface area contributed by atoms with E-state index in [2.05, 4.69) is 0 Å². The van der Waals surface area contributed by atoms with E-state index in [0.29, 0.717) is 10.6 Å². The van der Waals surface area contributed by atoms with E-state index in [4.69, 9.17) is 15.5 Å². The second-order valence-electron chi connectivity index (χ2n) is 5.03. The van der Waals surface area contributed by atoms with Gasteiger partial charge in [-0.3, -0.25) is 0 Å². The van der Waals surface area contributed by atoms with Gasteiger partial charge in [0.15, 0.2) is 0 Å². The number of methoxy groups -OCH3 is 1. The predicted octanol–water partition coefficient (Wildman–Crippen LogP) is 5.12. The summed E-state index contributed by atoms with van der Waals surface area (Å²) in [6.45, 7) is 0. The minimum Gasteiger partial charge on any atom is -0.465 e. The second kappa shape index (κ2) is 6.01. The molecular weight excluding hydrogens is 360 g/mol. The molecular formula is C17H12N2O2S3. The van der Waals surface area contributed by atoms with Crippen molar-refractivity contribution in [3.8, 4) is 21.0 Å². The lowest BCUT2D eigenvalue weighted by molar-refractivity contribution is 0.0607. The van der Waals surface area contributed by atoms with Crippen LogP contribution in [-0.4, -0.2) is 18.1 Å². The zero-order valence-corrected chi connectivity index (χ0v) is 15.1. The van der Waals surface area contributed by atoms with Crippen LogP contribution in [0, 0.1) is 0 Å². The highest BCUT2D eigenvalue weighted by Gasteiger charge is 2.22. The van der Waals surface area contributed by atoms with Crippen molar-refractivity contribution in [2.45, 2.75) is 0 Å². The number of nitrogens with zero attached hydrogens (tertiary/aromatic N) is 1. The molecule has 4 aromatic rings. The van der Waals surface area contributed by atoms with Gasteiger partial charge in [-0.25, -0.2) is 9.78 Å². The molecule has 24 heavy (non-hydrogen) atoms. The fraction of sp³-hybridized carbons (Fsp3) is 0.0588. The number of ether oxygens (including phenoxy) is 1. The first-order valence-electron chi connectivity index (χ1n) is 7.08. The summed E-state index contributed by atoms with van der Waals surface area (Å²) in [5.41, 5.74) is 8.60. The van der Waals surface area contributed by atoms with Crippen molar-refractivity contribution in [2.24, 2.45) is 0 Å². The largest absolute Gasteiger partial charge is 0.465 e. The molecule has 0 aliphatic carbocycles. The van der Waals surface area contributed by atoms with E-state index in [1.165, 1.54) is 18.4 Å². The van der Waals surface area contributed by atoms with Crippen LogP contribution in [-0.2, 0) is 4.74 Å². The number of thiophene rings is 3. The molecule has 0 saturated carbocycles. The number of hydrogen-bond donors (Lipinski definition) is 1. The molecule has 0 spiro atoms. The summed E-state index contributed by atoms with van der Waals surface area (Å²) in [6.07, 6.45) is 0. The van der Waals surface area contributed by atoms with Crippen LogP contribution in [0.5, 0.6) is 0 Å². The van der Waals surface area contributed by atoms with E-state index >= 15 is 0 Å². The van der Waals surface area contributed by atoms with Crippen molar-refractivity contribution in [1.29, 1.82) is 0 Å². The number of aromatic nitrogens is 1. The maximum atomic E-state index is 12.0. The van der Waals surface area contributed by atoms with Gasteiger partial charge in [-0.2, -0.15) is 0 Å². The Balaban J connectivity index is 2.05. The number of nitrogen functional groups attached to an aromatic ring is 1. The molecule has 4 aromatic heterocycles. The molecule has 0 saturated heterocycles. The highest BCUT2D eigenvalue weighted by atomic mass is 32.1. The zero-order valence-electron chi connectivity index (χ0n) is 12.6. The van der Waals surface area contributed by atoms with Crippen molar-refractivity contribution in [1.82, 2.24) is 4.98 Å². The number of nitrogens with two attached hydrogens (primary N) is 1. The average molecular weight is 372 g/mol. The third-order valence-electron chi connectivity index (χ3n) is 3.63. The Morgan fingerprint density at radius 2 is 1.88 bits per heavy atom. The Bertz CT molecular complexity index is 1020. The lowest BCUT2D eigenvalue weighted by atomic mass is 10.1. The second-order valence-corrected chi connectivity index (χ2v) is 7.92. The highest BCUT2D eigenvalue weighted by Crippen LogP contribution is 2.43. The topological polar surface area (TPSA) is 65.2 Å². The van der Waals surface area contributed by atoms with Gasteiger partial charge in [0.05, 0.1) is 23.4 Å². The number of anilines is 1. The molecule has 0 fully saturated rings.